The number of oxazole rings is 1. The average Bonchev–Trinajstić information content (AvgIpc) is 3.28. The molecule has 0 radical (unpaired) electrons. The van der Waals surface area contributed by atoms with Crippen LogP contribution < -0.4 is 5.32 Å². The molecule has 1 amide bonds. The van der Waals surface area contributed by atoms with Crippen LogP contribution in [0, 0.1) is 0 Å². The first-order chi connectivity index (χ1) is 13.1. The van der Waals surface area contributed by atoms with E-state index in [0.717, 1.165) is 16.8 Å². The lowest BCUT2D eigenvalue weighted by Gasteiger charge is -2.07. The Hall–Kier alpha value is -2.35. The van der Waals surface area contributed by atoms with E-state index in [1.54, 1.807) is 6.92 Å². The number of carbonyl (C=O) groups excluding carboxylic acids is 1. The fourth-order valence-corrected chi connectivity index (χ4v) is 4.14. The molecule has 0 spiro atoms. The second kappa shape index (κ2) is 7.72. The highest BCUT2D eigenvalue weighted by Crippen LogP contribution is 2.31. The van der Waals surface area contributed by atoms with Gasteiger partial charge in [-0.3, -0.25) is 4.79 Å². The van der Waals surface area contributed by atoms with Crippen molar-refractivity contribution in [2.24, 2.45) is 0 Å². The number of fused-ring (bicyclic) bond motifs is 1. The van der Waals surface area contributed by atoms with Gasteiger partial charge in [0.15, 0.2) is 10.7 Å². The summed E-state index contributed by atoms with van der Waals surface area (Å²) in [6, 6.07) is 15.0. The fourth-order valence-electron chi connectivity index (χ4n) is 2.44. The number of nitrogens with one attached hydrogen (secondary N) is 1. The number of nitrogens with zero attached hydrogens (tertiary/aromatic N) is 2. The number of rotatable bonds is 5. The first kappa shape index (κ1) is 18.0. The summed E-state index contributed by atoms with van der Waals surface area (Å²) >= 11 is 8.83. The largest absolute Gasteiger partial charge is 0.431 e. The highest BCUT2D eigenvalue weighted by atomic mass is 35.5. The zero-order valence-electron chi connectivity index (χ0n) is 14.2. The molecule has 1 unspecified atom stereocenters. The van der Waals surface area contributed by atoms with Crippen LogP contribution in [0.4, 0.5) is 5.13 Å². The lowest BCUT2D eigenvalue weighted by atomic mass is 10.2. The van der Waals surface area contributed by atoms with Crippen molar-refractivity contribution in [2.45, 2.75) is 17.4 Å². The summed E-state index contributed by atoms with van der Waals surface area (Å²) in [6.07, 6.45) is 0. The van der Waals surface area contributed by atoms with E-state index in [9.17, 15) is 4.79 Å². The standard InChI is InChI=1S/C19H14ClN3O2S2/c1-11(27-19-22-14-8-4-5-9-16(14)25-19)17(24)23-18-21-15(10-26-18)12-6-2-3-7-13(12)20/h2-11H,1H3,(H,21,23,24). The molecule has 0 aliphatic carbocycles. The Balaban J connectivity index is 1.43. The maximum Gasteiger partial charge on any atom is 0.257 e. The van der Waals surface area contributed by atoms with Gasteiger partial charge in [-0.25, -0.2) is 9.97 Å². The molecule has 0 fully saturated rings. The maximum absolute atomic E-state index is 12.5. The number of anilines is 1. The molecule has 0 aliphatic heterocycles. The Morgan fingerprint density at radius 2 is 1.96 bits per heavy atom. The van der Waals surface area contributed by atoms with Crippen LogP contribution >= 0.6 is 34.7 Å². The normalized spacial score (nSPS) is 12.2. The van der Waals surface area contributed by atoms with Crippen molar-refractivity contribution in [2.75, 3.05) is 5.32 Å². The Labute approximate surface area is 168 Å². The Bertz CT molecular complexity index is 1080. The minimum atomic E-state index is -0.384. The minimum Gasteiger partial charge on any atom is -0.431 e. The second-order valence-corrected chi connectivity index (χ2v) is 8.27. The van der Waals surface area contributed by atoms with Gasteiger partial charge in [0.25, 0.3) is 5.22 Å². The van der Waals surface area contributed by atoms with E-state index in [1.165, 1.54) is 23.1 Å². The molecule has 2 heterocycles. The zero-order valence-corrected chi connectivity index (χ0v) is 16.6. The van der Waals surface area contributed by atoms with Gasteiger partial charge in [0.2, 0.25) is 5.91 Å². The van der Waals surface area contributed by atoms with Crippen LogP contribution in [0.15, 0.2) is 63.6 Å². The van der Waals surface area contributed by atoms with Gasteiger partial charge in [0.05, 0.1) is 10.9 Å². The summed E-state index contributed by atoms with van der Waals surface area (Å²) in [4.78, 5) is 21.3. The average molecular weight is 416 g/mol. The van der Waals surface area contributed by atoms with Crippen molar-refractivity contribution in [3.05, 3.63) is 58.9 Å². The van der Waals surface area contributed by atoms with Crippen molar-refractivity contribution in [1.82, 2.24) is 9.97 Å². The second-order valence-electron chi connectivity index (χ2n) is 5.71. The number of carbonyl (C=O) groups is 1. The summed E-state index contributed by atoms with van der Waals surface area (Å²) in [6.45, 7) is 1.80. The monoisotopic (exact) mass is 415 g/mol. The third-order valence-electron chi connectivity index (χ3n) is 3.81. The molecule has 0 saturated carbocycles. The number of hydrogen-bond donors (Lipinski definition) is 1. The van der Waals surface area contributed by atoms with E-state index in [-0.39, 0.29) is 11.2 Å². The van der Waals surface area contributed by atoms with Gasteiger partial charge in [0, 0.05) is 16.0 Å². The van der Waals surface area contributed by atoms with Gasteiger partial charge in [0.1, 0.15) is 5.52 Å². The maximum atomic E-state index is 12.5. The first-order valence-electron chi connectivity index (χ1n) is 8.13. The Morgan fingerprint density at radius 3 is 2.78 bits per heavy atom. The lowest BCUT2D eigenvalue weighted by Crippen LogP contribution is -2.22. The molecule has 136 valence electrons. The smallest absolute Gasteiger partial charge is 0.257 e. The van der Waals surface area contributed by atoms with E-state index in [0.29, 0.717) is 21.0 Å². The molecule has 0 bridgehead atoms. The molecule has 2 aromatic carbocycles. The molecule has 8 heteroatoms. The van der Waals surface area contributed by atoms with E-state index in [1.807, 2.05) is 53.9 Å². The van der Waals surface area contributed by atoms with Gasteiger partial charge in [-0.05, 0) is 25.1 Å². The number of halogens is 1. The number of hydrogen-bond acceptors (Lipinski definition) is 6. The van der Waals surface area contributed by atoms with Gasteiger partial charge in [-0.2, -0.15) is 0 Å². The number of thiazole rings is 1. The van der Waals surface area contributed by atoms with Crippen LogP contribution in [-0.2, 0) is 4.79 Å². The van der Waals surface area contributed by atoms with Gasteiger partial charge in [-0.1, -0.05) is 53.7 Å². The lowest BCUT2D eigenvalue weighted by molar-refractivity contribution is -0.115. The summed E-state index contributed by atoms with van der Waals surface area (Å²) in [5.41, 5.74) is 3.05. The fraction of sp³-hybridized carbons (Fsp3) is 0.105. The molecule has 0 saturated heterocycles. The summed E-state index contributed by atoms with van der Waals surface area (Å²) in [5, 5.41) is 5.95. The van der Waals surface area contributed by atoms with Crippen LogP contribution in [0.3, 0.4) is 0 Å². The first-order valence-corrected chi connectivity index (χ1v) is 10.3. The molecular weight excluding hydrogens is 402 g/mol. The number of thioether (sulfide) groups is 1. The molecule has 2 aromatic heterocycles. The van der Waals surface area contributed by atoms with Gasteiger partial charge < -0.3 is 9.73 Å². The van der Waals surface area contributed by atoms with Crippen LogP contribution in [0.1, 0.15) is 6.92 Å². The van der Waals surface area contributed by atoms with E-state index >= 15 is 0 Å². The zero-order chi connectivity index (χ0) is 18.8. The van der Waals surface area contributed by atoms with E-state index in [2.05, 4.69) is 15.3 Å². The minimum absolute atomic E-state index is 0.165. The number of benzene rings is 2. The Morgan fingerprint density at radius 1 is 1.19 bits per heavy atom. The molecular formula is C19H14ClN3O2S2. The van der Waals surface area contributed by atoms with Crippen molar-refractivity contribution in [3.63, 3.8) is 0 Å². The number of para-hydroxylation sites is 2. The van der Waals surface area contributed by atoms with Crippen LogP contribution in [-0.4, -0.2) is 21.1 Å². The van der Waals surface area contributed by atoms with Gasteiger partial charge >= 0.3 is 0 Å². The third kappa shape index (κ3) is 4.00. The molecule has 1 N–H and O–H groups in total. The van der Waals surface area contributed by atoms with Crippen molar-refractivity contribution in [3.8, 4) is 11.3 Å². The highest BCUT2D eigenvalue weighted by Gasteiger charge is 2.19. The molecule has 4 aromatic rings. The van der Waals surface area contributed by atoms with Crippen molar-refractivity contribution in [1.29, 1.82) is 0 Å². The SMILES string of the molecule is CC(Sc1nc2ccccc2o1)C(=O)Nc1nc(-c2ccccc2Cl)cs1. The quantitative estimate of drug-likeness (QED) is 0.422. The summed E-state index contributed by atoms with van der Waals surface area (Å²) in [7, 11) is 0. The summed E-state index contributed by atoms with van der Waals surface area (Å²) in [5.74, 6) is -0.165. The molecule has 4 rings (SSSR count). The predicted molar refractivity (Wildman–Crippen MR) is 111 cm³/mol. The number of amides is 1. The molecule has 0 aliphatic rings. The third-order valence-corrected chi connectivity index (χ3v) is 5.84. The molecule has 1 atom stereocenters. The van der Waals surface area contributed by atoms with E-state index in [4.69, 9.17) is 16.0 Å². The van der Waals surface area contributed by atoms with Gasteiger partial charge in [-0.15, -0.1) is 11.3 Å². The molecule has 5 nitrogen and oxygen atoms in total. The highest BCUT2D eigenvalue weighted by molar-refractivity contribution is 8.00. The Kier molecular flexibility index (Phi) is 5.15. The van der Waals surface area contributed by atoms with Crippen molar-refractivity contribution >= 4 is 56.8 Å². The van der Waals surface area contributed by atoms with E-state index < -0.39 is 0 Å². The van der Waals surface area contributed by atoms with Crippen molar-refractivity contribution < 1.29 is 9.21 Å². The van der Waals surface area contributed by atoms with Crippen LogP contribution in [0.5, 0.6) is 0 Å². The molecule has 27 heavy (non-hydrogen) atoms. The topological polar surface area (TPSA) is 68.0 Å². The van der Waals surface area contributed by atoms with Crippen LogP contribution in [0.2, 0.25) is 5.02 Å². The predicted octanol–water partition coefficient (Wildman–Crippen LogP) is 5.72. The number of aromatic nitrogens is 2. The van der Waals surface area contributed by atoms with Crippen LogP contribution in [0.25, 0.3) is 22.4 Å². The summed E-state index contributed by atoms with van der Waals surface area (Å²) < 4.78 is 5.66.